The topological polar surface area (TPSA) is 18.5 Å². The molecule has 0 fully saturated rings. The van der Waals surface area contributed by atoms with Crippen LogP contribution in [0.3, 0.4) is 0 Å². The Morgan fingerprint density at radius 1 is 1.27 bits per heavy atom. The van der Waals surface area contributed by atoms with Gasteiger partial charge in [-0.3, -0.25) is 0 Å². The first-order chi connectivity index (χ1) is 12.0. The summed E-state index contributed by atoms with van der Waals surface area (Å²) in [5.41, 5.74) is 3.27. The van der Waals surface area contributed by atoms with Crippen LogP contribution < -0.4 is 0 Å². The maximum absolute atomic E-state index is 6.39. The molecule has 2 aromatic rings. The second-order valence-corrected chi connectivity index (χ2v) is 15.0. The molecule has 1 aliphatic heterocycles. The van der Waals surface area contributed by atoms with Crippen molar-refractivity contribution >= 4 is 31.3 Å². The summed E-state index contributed by atoms with van der Waals surface area (Å²) in [4.78, 5) is 1.25. The van der Waals surface area contributed by atoms with Crippen molar-refractivity contribution in [1.29, 1.82) is 0 Å². The van der Waals surface area contributed by atoms with E-state index in [1.807, 2.05) is 6.07 Å². The van der Waals surface area contributed by atoms with Crippen LogP contribution in [0.25, 0.3) is 0 Å². The van der Waals surface area contributed by atoms with Crippen molar-refractivity contribution in [3.05, 3.63) is 56.2 Å². The van der Waals surface area contributed by atoms with Crippen LogP contribution in [0, 0.1) is 0 Å². The summed E-state index contributed by atoms with van der Waals surface area (Å²) in [6.45, 7) is 15.0. The lowest BCUT2D eigenvalue weighted by Crippen LogP contribution is -2.40. The summed E-state index contributed by atoms with van der Waals surface area (Å²) in [6.07, 6.45) is 0.938. The lowest BCUT2D eigenvalue weighted by molar-refractivity contribution is -0.0139. The van der Waals surface area contributed by atoms with Gasteiger partial charge in [0.05, 0.1) is 13.2 Å². The zero-order valence-corrected chi connectivity index (χ0v) is 19.2. The van der Waals surface area contributed by atoms with Crippen LogP contribution in [0.15, 0.2) is 29.6 Å². The van der Waals surface area contributed by atoms with Crippen molar-refractivity contribution < 1.29 is 9.16 Å². The Bertz CT molecular complexity index is 794. The molecule has 0 amide bonds. The molecular weight excluding hydrogens is 380 g/mol. The molecule has 1 atom stereocenters. The van der Waals surface area contributed by atoms with Gasteiger partial charge < -0.3 is 9.16 Å². The summed E-state index contributed by atoms with van der Waals surface area (Å²) in [5, 5.41) is 3.19. The van der Waals surface area contributed by atoms with Gasteiger partial charge in [-0.05, 0) is 71.7 Å². The van der Waals surface area contributed by atoms with E-state index in [0.29, 0.717) is 6.61 Å². The third-order valence-electron chi connectivity index (χ3n) is 5.93. The second kappa shape index (κ2) is 7.06. The zero-order chi connectivity index (χ0) is 19.2. The van der Waals surface area contributed by atoms with Crippen molar-refractivity contribution in [3.8, 4) is 0 Å². The molecule has 2 heterocycles. The van der Waals surface area contributed by atoms with Gasteiger partial charge in [0, 0.05) is 9.90 Å². The van der Waals surface area contributed by atoms with Gasteiger partial charge in [-0.1, -0.05) is 38.4 Å². The minimum atomic E-state index is -1.74. The largest absolute Gasteiger partial charge is 0.412 e. The van der Waals surface area contributed by atoms with E-state index in [-0.39, 0.29) is 5.04 Å². The fourth-order valence-electron chi connectivity index (χ4n) is 3.07. The van der Waals surface area contributed by atoms with Crippen molar-refractivity contribution in [2.45, 2.75) is 64.5 Å². The monoisotopic (exact) mass is 408 g/mol. The summed E-state index contributed by atoms with van der Waals surface area (Å²) in [5.74, 6) is 0. The highest BCUT2D eigenvalue weighted by molar-refractivity contribution is 7.10. The Morgan fingerprint density at radius 2 is 2.00 bits per heavy atom. The quantitative estimate of drug-likeness (QED) is 0.520. The molecule has 0 spiro atoms. The SMILES string of the molecule is CC1(c2csc(CO[Si](C)(C)C(C)(C)C)c2)OCCc2ccc(Cl)cc21. The van der Waals surface area contributed by atoms with E-state index in [1.165, 1.54) is 21.6 Å². The highest BCUT2D eigenvalue weighted by Gasteiger charge is 2.38. The molecular formula is C21H29ClO2SSi. The van der Waals surface area contributed by atoms with Crippen LogP contribution in [0.4, 0.5) is 0 Å². The van der Waals surface area contributed by atoms with E-state index < -0.39 is 13.9 Å². The van der Waals surface area contributed by atoms with Crippen LogP contribution in [-0.2, 0) is 27.8 Å². The lowest BCUT2D eigenvalue weighted by Gasteiger charge is -2.36. The molecule has 26 heavy (non-hydrogen) atoms. The van der Waals surface area contributed by atoms with Crippen molar-refractivity contribution in [3.63, 3.8) is 0 Å². The van der Waals surface area contributed by atoms with Crippen LogP contribution in [0.1, 0.15) is 49.3 Å². The minimum Gasteiger partial charge on any atom is -0.412 e. The number of halogens is 1. The van der Waals surface area contributed by atoms with Gasteiger partial charge in [-0.15, -0.1) is 11.3 Å². The van der Waals surface area contributed by atoms with Crippen molar-refractivity contribution in [2.75, 3.05) is 6.61 Å². The van der Waals surface area contributed by atoms with E-state index in [2.05, 4.69) is 64.4 Å². The van der Waals surface area contributed by atoms with Crippen molar-refractivity contribution in [1.82, 2.24) is 0 Å². The Hall–Kier alpha value is -0.653. The molecule has 0 saturated carbocycles. The van der Waals surface area contributed by atoms with E-state index in [0.717, 1.165) is 18.1 Å². The molecule has 0 aliphatic carbocycles. The maximum Gasteiger partial charge on any atom is 0.192 e. The second-order valence-electron chi connectivity index (χ2n) is 8.78. The number of thiophene rings is 1. The Labute approximate surface area is 167 Å². The van der Waals surface area contributed by atoms with E-state index in [4.69, 9.17) is 20.8 Å². The summed E-state index contributed by atoms with van der Waals surface area (Å²) in [7, 11) is -1.74. The third kappa shape index (κ3) is 3.81. The Balaban J connectivity index is 1.84. The maximum atomic E-state index is 6.39. The molecule has 3 rings (SSSR count). The minimum absolute atomic E-state index is 0.223. The van der Waals surface area contributed by atoms with Gasteiger partial charge in [0.25, 0.3) is 0 Å². The zero-order valence-electron chi connectivity index (χ0n) is 16.6. The molecule has 0 N–H and O–H groups in total. The smallest absolute Gasteiger partial charge is 0.192 e. The van der Waals surface area contributed by atoms with E-state index >= 15 is 0 Å². The van der Waals surface area contributed by atoms with Gasteiger partial charge in [0.1, 0.15) is 5.60 Å². The number of hydrogen-bond donors (Lipinski definition) is 0. The molecule has 0 bridgehead atoms. The van der Waals surface area contributed by atoms with Crippen molar-refractivity contribution in [2.24, 2.45) is 0 Å². The van der Waals surface area contributed by atoms with Crippen LogP contribution in [-0.4, -0.2) is 14.9 Å². The fraction of sp³-hybridized carbons (Fsp3) is 0.524. The average molecular weight is 409 g/mol. The van der Waals surface area contributed by atoms with Gasteiger partial charge in [-0.2, -0.15) is 0 Å². The summed E-state index contributed by atoms with van der Waals surface area (Å²) in [6, 6.07) is 8.40. The standard InChI is InChI=1S/C21H29ClO2SSi/c1-20(2,3)26(5,6)24-13-18-11-16(14-25-18)21(4)19-12-17(22)8-7-15(19)9-10-23-21/h7-8,11-12,14H,9-10,13H2,1-6H3. The van der Waals surface area contributed by atoms with Crippen LogP contribution in [0.5, 0.6) is 0 Å². The van der Waals surface area contributed by atoms with Gasteiger partial charge >= 0.3 is 0 Å². The first-order valence-electron chi connectivity index (χ1n) is 9.18. The molecule has 1 aliphatic rings. The van der Waals surface area contributed by atoms with Crippen LogP contribution in [0.2, 0.25) is 23.2 Å². The summed E-state index contributed by atoms with van der Waals surface area (Å²) >= 11 is 8.03. The van der Waals surface area contributed by atoms with Gasteiger partial charge in [-0.25, -0.2) is 0 Å². The predicted octanol–water partition coefficient (Wildman–Crippen LogP) is 6.76. The lowest BCUT2D eigenvalue weighted by atomic mass is 9.83. The molecule has 1 unspecified atom stereocenters. The molecule has 0 saturated heterocycles. The molecule has 0 radical (unpaired) electrons. The number of fused-ring (bicyclic) bond motifs is 1. The van der Waals surface area contributed by atoms with Crippen LogP contribution >= 0.6 is 22.9 Å². The highest BCUT2D eigenvalue weighted by Crippen LogP contribution is 2.42. The molecule has 2 nitrogen and oxygen atoms in total. The molecule has 1 aromatic carbocycles. The highest BCUT2D eigenvalue weighted by atomic mass is 35.5. The average Bonchev–Trinajstić information content (AvgIpc) is 3.03. The first-order valence-corrected chi connectivity index (χ1v) is 13.3. The van der Waals surface area contributed by atoms with Gasteiger partial charge in [0.15, 0.2) is 8.32 Å². The molecule has 5 heteroatoms. The number of rotatable bonds is 4. The van der Waals surface area contributed by atoms with Gasteiger partial charge in [0.2, 0.25) is 0 Å². The fourth-order valence-corrected chi connectivity index (χ4v) is 5.19. The third-order valence-corrected chi connectivity index (χ3v) is 11.6. The number of benzene rings is 1. The summed E-state index contributed by atoms with van der Waals surface area (Å²) < 4.78 is 12.7. The Morgan fingerprint density at radius 3 is 2.69 bits per heavy atom. The Kier molecular flexibility index (Phi) is 5.46. The molecule has 142 valence electrons. The van der Waals surface area contributed by atoms with E-state index in [1.54, 1.807) is 11.3 Å². The normalized spacial score (nSPS) is 20.9. The first kappa shape index (κ1) is 20.1. The predicted molar refractivity (Wildman–Crippen MR) is 114 cm³/mol. The number of hydrogen-bond acceptors (Lipinski definition) is 3. The molecule has 1 aromatic heterocycles. The number of ether oxygens (including phenoxy) is 1. The van der Waals surface area contributed by atoms with E-state index in [9.17, 15) is 0 Å².